The Hall–Kier alpha value is -0.930. The van der Waals surface area contributed by atoms with Crippen LogP contribution < -0.4 is 11.1 Å². The monoisotopic (exact) mass is 242 g/mol. The summed E-state index contributed by atoms with van der Waals surface area (Å²) in [4.78, 5) is 0. The number of halogens is 1. The summed E-state index contributed by atoms with van der Waals surface area (Å²) in [6.07, 6.45) is 0.956. The van der Waals surface area contributed by atoms with E-state index in [-0.39, 0.29) is 0 Å². The summed E-state index contributed by atoms with van der Waals surface area (Å²) in [7, 11) is 1.71. The number of nitrogen functional groups attached to an aromatic ring is 1. The molecule has 0 saturated heterocycles. The minimum absolute atomic E-state index is 0.346. The Morgan fingerprint density at radius 2 is 2.19 bits per heavy atom. The van der Waals surface area contributed by atoms with E-state index in [9.17, 15) is 0 Å². The lowest BCUT2D eigenvalue weighted by Gasteiger charge is -2.17. The molecule has 0 amide bonds. The van der Waals surface area contributed by atoms with Crippen molar-refractivity contribution in [1.29, 1.82) is 0 Å². The number of ether oxygens (including phenoxy) is 1. The molecule has 1 unspecified atom stereocenters. The molecule has 0 fully saturated rings. The molecule has 3 nitrogen and oxygen atoms in total. The summed E-state index contributed by atoms with van der Waals surface area (Å²) in [5, 5.41) is 3.98. The third-order valence-corrected chi connectivity index (χ3v) is 2.83. The van der Waals surface area contributed by atoms with Crippen LogP contribution in [0.5, 0.6) is 0 Å². The lowest BCUT2D eigenvalue weighted by molar-refractivity contribution is 0.191. The van der Waals surface area contributed by atoms with Crippen LogP contribution in [0.3, 0.4) is 0 Å². The van der Waals surface area contributed by atoms with Gasteiger partial charge in [0.2, 0.25) is 0 Å². The standard InChI is InChI=1S/C12H19ClN2O/c1-8-6-11(14)10(13)7-12(8)15-9(2)4-5-16-3/h6-7,9,15H,4-5,14H2,1-3H3. The van der Waals surface area contributed by atoms with Crippen LogP contribution in [0.15, 0.2) is 12.1 Å². The van der Waals surface area contributed by atoms with Gasteiger partial charge in [0.15, 0.2) is 0 Å². The second kappa shape index (κ2) is 5.97. The fourth-order valence-electron chi connectivity index (χ4n) is 1.49. The molecule has 0 aromatic heterocycles. The zero-order valence-corrected chi connectivity index (χ0v) is 10.8. The second-order valence-electron chi connectivity index (χ2n) is 4.02. The summed E-state index contributed by atoms with van der Waals surface area (Å²) in [6.45, 7) is 4.87. The quantitative estimate of drug-likeness (QED) is 0.781. The molecular formula is C12H19ClN2O. The number of nitrogens with one attached hydrogen (secondary N) is 1. The topological polar surface area (TPSA) is 47.3 Å². The van der Waals surface area contributed by atoms with Crippen LogP contribution in [0.2, 0.25) is 5.02 Å². The highest BCUT2D eigenvalue weighted by molar-refractivity contribution is 6.33. The maximum absolute atomic E-state index is 5.98. The lowest BCUT2D eigenvalue weighted by atomic mass is 10.1. The fourth-order valence-corrected chi connectivity index (χ4v) is 1.66. The molecule has 0 aliphatic heterocycles. The summed E-state index contributed by atoms with van der Waals surface area (Å²) >= 11 is 5.98. The number of hydrogen-bond donors (Lipinski definition) is 2. The first-order valence-corrected chi connectivity index (χ1v) is 5.73. The van der Waals surface area contributed by atoms with Crippen LogP contribution in [0.25, 0.3) is 0 Å². The molecule has 1 aromatic rings. The van der Waals surface area contributed by atoms with E-state index < -0.39 is 0 Å². The average molecular weight is 243 g/mol. The number of rotatable bonds is 5. The van der Waals surface area contributed by atoms with E-state index in [1.165, 1.54) is 0 Å². The number of nitrogens with two attached hydrogens (primary N) is 1. The molecule has 4 heteroatoms. The van der Waals surface area contributed by atoms with Crippen LogP contribution in [0, 0.1) is 6.92 Å². The van der Waals surface area contributed by atoms with Crippen LogP contribution in [-0.4, -0.2) is 19.8 Å². The van der Waals surface area contributed by atoms with Crippen molar-refractivity contribution >= 4 is 23.0 Å². The van der Waals surface area contributed by atoms with Gasteiger partial charge in [-0.05, 0) is 38.0 Å². The van der Waals surface area contributed by atoms with Crippen LogP contribution >= 0.6 is 11.6 Å². The van der Waals surface area contributed by atoms with Crippen molar-refractivity contribution in [3.63, 3.8) is 0 Å². The first kappa shape index (κ1) is 13.1. The first-order chi connectivity index (χ1) is 7.54. The molecule has 90 valence electrons. The molecule has 16 heavy (non-hydrogen) atoms. The predicted molar refractivity (Wildman–Crippen MR) is 70.2 cm³/mol. The van der Waals surface area contributed by atoms with Crippen molar-refractivity contribution in [3.05, 3.63) is 22.7 Å². The fraction of sp³-hybridized carbons (Fsp3) is 0.500. The second-order valence-corrected chi connectivity index (χ2v) is 4.42. The Kier molecular flexibility index (Phi) is 4.90. The van der Waals surface area contributed by atoms with Crippen LogP contribution in [0.4, 0.5) is 11.4 Å². The van der Waals surface area contributed by atoms with Gasteiger partial charge in [-0.3, -0.25) is 0 Å². The molecule has 1 aromatic carbocycles. The summed E-state index contributed by atoms with van der Waals surface area (Å²) in [5.41, 5.74) is 8.47. The Balaban J connectivity index is 2.69. The van der Waals surface area contributed by atoms with E-state index in [2.05, 4.69) is 12.2 Å². The maximum Gasteiger partial charge on any atom is 0.0656 e. The molecule has 0 radical (unpaired) electrons. The highest BCUT2D eigenvalue weighted by atomic mass is 35.5. The number of methoxy groups -OCH3 is 1. The molecule has 1 atom stereocenters. The molecule has 0 bridgehead atoms. The van der Waals surface area contributed by atoms with Gasteiger partial charge in [-0.2, -0.15) is 0 Å². The largest absolute Gasteiger partial charge is 0.398 e. The first-order valence-electron chi connectivity index (χ1n) is 5.35. The van der Waals surface area contributed by atoms with Gasteiger partial charge < -0.3 is 15.8 Å². The van der Waals surface area contributed by atoms with Crippen LogP contribution in [0.1, 0.15) is 18.9 Å². The minimum Gasteiger partial charge on any atom is -0.398 e. The third-order valence-electron chi connectivity index (χ3n) is 2.50. The van der Waals surface area contributed by atoms with Gasteiger partial charge in [-0.15, -0.1) is 0 Å². The minimum atomic E-state index is 0.346. The Bertz CT molecular complexity index is 355. The van der Waals surface area contributed by atoms with E-state index in [4.69, 9.17) is 22.1 Å². The molecular weight excluding hydrogens is 224 g/mol. The number of aryl methyl sites for hydroxylation is 1. The van der Waals surface area contributed by atoms with Gasteiger partial charge in [0.05, 0.1) is 10.7 Å². The molecule has 0 saturated carbocycles. The number of benzene rings is 1. The van der Waals surface area contributed by atoms with E-state index in [1.807, 2.05) is 19.1 Å². The van der Waals surface area contributed by atoms with E-state index in [1.54, 1.807) is 7.11 Å². The van der Waals surface area contributed by atoms with E-state index in [0.29, 0.717) is 16.8 Å². The van der Waals surface area contributed by atoms with Crippen molar-refractivity contribution < 1.29 is 4.74 Å². The summed E-state index contributed by atoms with van der Waals surface area (Å²) in [5.74, 6) is 0. The molecule has 0 aliphatic carbocycles. The normalized spacial score (nSPS) is 12.5. The predicted octanol–water partition coefficient (Wildman–Crippen LogP) is 3.07. The summed E-state index contributed by atoms with van der Waals surface area (Å²) < 4.78 is 5.04. The lowest BCUT2D eigenvalue weighted by Crippen LogP contribution is -2.17. The van der Waals surface area contributed by atoms with Gasteiger partial charge >= 0.3 is 0 Å². The summed E-state index contributed by atoms with van der Waals surface area (Å²) in [6, 6.07) is 4.10. The smallest absolute Gasteiger partial charge is 0.0656 e. The van der Waals surface area contributed by atoms with Gasteiger partial charge in [-0.25, -0.2) is 0 Å². The van der Waals surface area contributed by atoms with E-state index in [0.717, 1.165) is 24.3 Å². The number of anilines is 2. The maximum atomic E-state index is 5.98. The Labute approximate surface area is 102 Å². The van der Waals surface area contributed by atoms with Gasteiger partial charge in [0, 0.05) is 25.4 Å². The van der Waals surface area contributed by atoms with Gasteiger partial charge in [0.25, 0.3) is 0 Å². The van der Waals surface area contributed by atoms with Gasteiger partial charge in [0.1, 0.15) is 0 Å². The van der Waals surface area contributed by atoms with Crippen molar-refractivity contribution in [3.8, 4) is 0 Å². The van der Waals surface area contributed by atoms with Crippen molar-refractivity contribution in [2.24, 2.45) is 0 Å². The van der Waals surface area contributed by atoms with Crippen molar-refractivity contribution in [2.45, 2.75) is 26.3 Å². The average Bonchev–Trinajstić information content (AvgIpc) is 2.23. The highest BCUT2D eigenvalue weighted by Crippen LogP contribution is 2.27. The molecule has 0 spiro atoms. The van der Waals surface area contributed by atoms with Crippen molar-refractivity contribution in [1.82, 2.24) is 0 Å². The van der Waals surface area contributed by atoms with Gasteiger partial charge in [-0.1, -0.05) is 11.6 Å². The Morgan fingerprint density at radius 3 is 2.81 bits per heavy atom. The zero-order chi connectivity index (χ0) is 12.1. The molecule has 0 aliphatic rings. The number of hydrogen-bond acceptors (Lipinski definition) is 3. The molecule has 1 rings (SSSR count). The molecule has 0 heterocycles. The SMILES string of the molecule is COCCC(C)Nc1cc(Cl)c(N)cc1C. The highest BCUT2D eigenvalue weighted by Gasteiger charge is 2.06. The Morgan fingerprint density at radius 1 is 1.50 bits per heavy atom. The molecule has 3 N–H and O–H groups in total. The van der Waals surface area contributed by atoms with Crippen LogP contribution in [-0.2, 0) is 4.74 Å². The van der Waals surface area contributed by atoms with E-state index >= 15 is 0 Å². The van der Waals surface area contributed by atoms with Crippen molar-refractivity contribution in [2.75, 3.05) is 24.8 Å². The zero-order valence-electron chi connectivity index (χ0n) is 10.0. The third kappa shape index (κ3) is 3.58.